The van der Waals surface area contributed by atoms with E-state index in [1.807, 2.05) is 20.1 Å². The van der Waals surface area contributed by atoms with Gasteiger partial charge in [0.1, 0.15) is 6.04 Å². The third-order valence-electron chi connectivity index (χ3n) is 3.67. The highest BCUT2D eigenvalue weighted by Crippen LogP contribution is 2.04. The van der Waals surface area contributed by atoms with Crippen molar-refractivity contribution in [2.24, 2.45) is 11.7 Å². The molecule has 3 atom stereocenters. The van der Waals surface area contributed by atoms with Gasteiger partial charge in [-0.3, -0.25) is 14.4 Å². The Hall–Kier alpha value is -1.81. The number of nitrogens with one attached hydrogen (secondary N) is 3. The zero-order valence-corrected chi connectivity index (χ0v) is 15.6. The van der Waals surface area contributed by atoms with Gasteiger partial charge in [0.2, 0.25) is 17.7 Å². The molecule has 0 radical (unpaired) electrons. The normalized spacial score (nSPS) is 14.1. The fourth-order valence-corrected chi connectivity index (χ4v) is 2.25. The minimum Gasteiger partial charge on any atom is -0.480 e. The van der Waals surface area contributed by atoms with Crippen LogP contribution < -0.4 is 21.7 Å². The van der Waals surface area contributed by atoms with Crippen LogP contribution in [0.2, 0.25) is 0 Å². The van der Waals surface area contributed by atoms with Crippen LogP contribution in [0.3, 0.4) is 0 Å². The SMILES string of the molecule is CCC(C)C(N)C(=O)NCC(=O)NCC(=O)NC(CCSC)C(=O)O. The van der Waals surface area contributed by atoms with Gasteiger partial charge in [0.15, 0.2) is 0 Å². The minimum absolute atomic E-state index is 0.0110. The lowest BCUT2D eigenvalue weighted by Gasteiger charge is -2.17. The molecule has 0 aromatic carbocycles. The molecule has 0 aliphatic carbocycles. The van der Waals surface area contributed by atoms with Crippen LogP contribution in [0.1, 0.15) is 26.7 Å². The molecule has 0 fully saturated rings. The Balaban J connectivity index is 4.17. The van der Waals surface area contributed by atoms with Crippen LogP contribution >= 0.6 is 11.8 Å². The summed E-state index contributed by atoms with van der Waals surface area (Å²) in [6.45, 7) is 3.08. The molecule has 0 aromatic heterocycles. The van der Waals surface area contributed by atoms with Gasteiger partial charge in [-0.15, -0.1) is 0 Å². The number of rotatable bonds is 12. The second-order valence-corrected chi connectivity index (χ2v) is 6.63. The maximum absolute atomic E-state index is 11.7. The monoisotopic (exact) mass is 376 g/mol. The van der Waals surface area contributed by atoms with E-state index in [9.17, 15) is 19.2 Å². The first-order chi connectivity index (χ1) is 11.7. The summed E-state index contributed by atoms with van der Waals surface area (Å²) in [4.78, 5) is 46.1. The molecule has 3 amide bonds. The molecule has 9 nitrogen and oxygen atoms in total. The smallest absolute Gasteiger partial charge is 0.326 e. The van der Waals surface area contributed by atoms with Crippen molar-refractivity contribution in [3.05, 3.63) is 0 Å². The predicted molar refractivity (Wildman–Crippen MR) is 96.0 cm³/mol. The molecule has 6 N–H and O–H groups in total. The van der Waals surface area contributed by atoms with E-state index in [0.717, 1.165) is 6.42 Å². The van der Waals surface area contributed by atoms with E-state index in [1.165, 1.54) is 11.8 Å². The summed E-state index contributed by atoms with van der Waals surface area (Å²) in [6, 6.07) is -1.70. The van der Waals surface area contributed by atoms with Gasteiger partial charge in [-0.05, 0) is 24.3 Å². The van der Waals surface area contributed by atoms with Crippen molar-refractivity contribution in [2.75, 3.05) is 25.1 Å². The fourth-order valence-electron chi connectivity index (χ4n) is 1.78. The summed E-state index contributed by atoms with van der Waals surface area (Å²) in [5.74, 6) is -2.15. The lowest BCUT2D eigenvalue weighted by molar-refractivity contribution is -0.141. The lowest BCUT2D eigenvalue weighted by atomic mass is 9.99. The van der Waals surface area contributed by atoms with Crippen LogP contribution in [0, 0.1) is 5.92 Å². The topological polar surface area (TPSA) is 151 Å². The highest BCUT2D eigenvalue weighted by molar-refractivity contribution is 7.98. The Labute approximate surface area is 151 Å². The third kappa shape index (κ3) is 9.92. The second-order valence-electron chi connectivity index (χ2n) is 5.65. The van der Waals surface area contributed by atoms with Crippen molar-refractivity contribution in [3.63, 3.8) is 0 Å². The van der Waals surface area contributed by atoms with E-state index in [4.69, 9.17) is 10.8 Å². The summed E-state index contributed by atoms with van der Waals surface area (Å²) in [7, 11) is 0. The Morgan fingerprint density at radius 3 is 2.24 bits per heavy atom. The minimum atomic E-state index is -1.12. The molecule has 25 heavy (non-hydrogen) atoms. The number of amides is 3. The maximum Gasteiger partial charge on any atom is 0.326 e. The number of carboxylic acid groups (broad SMARTS) is 1. The third-order valence-corrected chi connectivity index (χ3v) is 4.32. The van der Waals surface area contributed by atoms with Crippen LogP contribution in [0.15, 0.2) is 0 Å². The number of aliphatic carboxylic acids is 1. The number of carbonyl (C=O) groups is 4. The summed E-state index contributed by atoms with van der Waals surface area (Å²) < 4.78 is 0. The predicted octanol–water partition coefficient (Wildman–Crippen LogP) is -1.09. The highest BCUT2D eigenvalue weighted by Gasteiger charge is 2.21. The van der Waals surface area contributed by atoms with E-state index in [2.05, 4.69) is 16.0 Å². The standard InChI is InChI=1S/C15H28N4O5S/c1-4-9(2)13(16)14(22)18-7-11(20)17-8-12(21)19-10(15(23)24)5-6-25-3/h9-10,13H,4-8,16H2,1-3H3,(H,17,20)(H,18,22)(H,19,21)(H,23,24). The van der Waals surface area contributed by atoms with E-state index < -0.39 is 35.8 Å². The second kappa shape index (κ2) is 12.5. The zero-order chi connectivity index (χ0) is 19.4. The highest BCUT2D eigenvalue weighted by atomic mass is 32.2. The molecule has 10 heteroatoms. The number of carboxylic acids is 1. The zero-order valence-electron chi connectivity index (χ0n) is 14.8. The lowest BCUT2D eigenvalue weighted by Crippen LogP contribution is -2.49. The first-order valence-corrected chi connectivity index (χ1v) is 9.43. The van der Waals surface area contributed by atoms with Crippen molar-refractivity contribution in [2.45, 2.75) is 38.8 Å². The van der Waals surface area contributed by atoms with Gasteiger partial charge in [0.05, 0.1) is 19.1 Å². The van der Waals surface area contributed by atoms with Gasteiger partial charge in [0, 0.05) is 0 Å². The molecule has 3 unspecified atom stereocenters. The van der Waals surface area contributed by atoms with Crippen molar-refractivity contribution >= 4 is 35.5 Å². The van der Waals surface area contributed by atoms with Crippen molar-refractivity contribution in [1.29, 1.82) is 0 Å². The van der Waals surface area contributed by atoms with Gasteiger partial charge in [0.25, 0.3) is 0 Å². The molecular formula is C15H28N4O5S. The number of carbonyl (C=O) groups excluding carboxylic acids is 3. The largest absolute Gasteiger partial charge is 0.480 e. The fraction of sp³-hybridized carbons (Fsp3) is 0.733. The quantitative estimate of drug-likeness (QED) is 0.290. The van der Waals surface area contributed by atoms with Crippen LogP contribution in [-0.4, -0.2) is 66.0 Å². The van der Waals surface area contributed by atoms with Gasteiger partial charge in [-0.25, -0.2) is 4.79 Å². The molecule has 0 aliphatic heterocycles. The number of nitrogens with two attached hydrogens (primary N) is 1. The van der Waals surface area contributed by atoms with Gasteiger partial charge < -0.3 is 26.8 Å². The molecule has 0 rings (SSSR count). The Morgan fingerprint density at radius 1 is 1.12 bits per heavy atom. The number of hydrogen-bond donors (Lipinski definition) is 5. The van der Waals surface area contributed by atoms with Gasteiger partial charge in [-0.2, -0.15) is 11.8 Å². The Kier molecular flexibility index (Phi) is 11.6. The van der Waals surface area contributed by atoms with Crippen LogP contribution in [-0.2, 0) is 19.2 Å². The van der Waals surface area contributed by atoms with Gasteiger partial charge in [-0.1, -0.05) is 20.3 Å². The first kappa shape index (κ1) is 23.2. The molecule has 0 aliphatic rings. The molecule has 0 aromatic rings. The Morgan fingerprint density at radius 2 is 1.72 bits per heavy atom. The van der Waals surface area contributed by atoms with E-state index in [0.29, 0.717) is 12.2 Å². The van der Waals surface area contributed by atoms with Crippen LogP contribution in [0.5, 0.6) is 0 Å². The Bertz CT molecular complexity index is 475. The van der Waals surface area contributed by atoms with Crippen molar-refractivity contribution < 1.29 is 24.3 Å². The van der Waals surface area contributed by atoms with Gasteiger partial charge >= 0.3 is 5.97 Å². The summed E-state index contributed by atoms with van der Waals surface area (Å²) in [5, 5.41) is 16.1. The molecule has 0 bridgehead atoms. The van der Waals surface area contributed by atoms with Crippen molar-refractivity contribution in [3.8, 4) is 0 Å². The first-order valence-electron chi connectivity index (χ1n) is 8.03. The molecule has 0 saturated carbocycles. The summed E-state index contributed by atoms with van der Waals surface area (Å²) in [5.41, 5.74) is 5.74. The van der Waals surface area contributed by atoms with Crippen LogP contribution in [0.4, 0.5) is 0 Å². The summed E-state index contributed by atoms with van der Waals surface area (Å²) in [6.07, 6.45) is 2.87. The molecule has 0 saturated heterocycles. The number of thioether (sulfide) groups is 1. The molecule has 144 valence electrons. The maximum atomic E-state index is 11.7. The molecular weight excluding hydrogens is 348 g/mol. The summed E-state index contributed by atoms with van der Waals surface area (Å²) >= 11 is 1.47. The average molecular weight is 376 g/mol. The molecule has 0 heterocycles. The van der Waals surface area contributed by atoms with Crippen LogP contribution in [0.25, 0.3) is 0 Å². The number of hydrogen-bond acceptors (Lipinski definition) is 6. The van der Waals surface area contributed by atoms with E-state index >= 15 is 0 Å². The van der Waals surface area contributed by atoms with E-state index in [1.54, 1.807) is 0 Å². The average Bonchev–Trinajstić information content (AvgIpc) is 2.59. The van der Waals surface area contributed by atoms with Crippen molar-refractivity contribution in [1.82, 2.24) is 16.0 Å². The molecule has 0 spiro atoms. The van der Waals surface area contributed by atoms with E-state index in [-0.39, 0.29) is 19.0 Å².